The molecule has 136 valence electrons. The molecule has 1 aliphatic heterocycles. The fourth-order valence-corrected chi connectivity index (χ4v) is 2.62. The number of ether oxygens (including phenoxy) is 3. The Morgan fingerprint density at radius 1 is 1.19 bits per heavy atom. The Hall–Kier alpha value is -3.02. The van der Waals surface area contributed by atoms with Gasteiger partial charge in [0.05, 0.1) is 7.11 Å². The number of methoxy groups -OCH3 is 1. The standard InChI is InChI=1S/C20H20FNO4/c1-22(13-15-4-7-18-19(12-15)26-10-9-25-18)20(23)8-5-14-3-6-17(24-2)16(21)11-14/h3-8,11-12H,9-10,13H2,1-2H3/b8-5+. The van der Waals surface area contributed by atoms with Gasteiger partial charge in [-0.2, -0.15) is 0 Å². The van der Waals surface area contributed by atoms with Crippen LogP contribution in [0, 0.1) is 5.82 Å². The second-order valence-electron chi connectivity index (χ2n) is 5.90. The van der Waals surface area contributed by atoms with Gasteiger partial charge in [0, 0.05) is 19.7 Å². The molecule has 0 atom stereocenters. The number of hydrogen-bond donors (Lipinski definition) is 0. The minimum Gasteiger partial charge on any atom is -0.494 e. The average Bonchev–Trinajstić information content (AvgIpc) is 2.66. The maximum absolute atomic E-state index is 13.7. The zero-order valence-corrected chi connectivity index (χ0v) is 14.7. The fraction of sp³-hybridized carbons (Fsp3) is 0.250. The highest BCUT2D eigenvalue weighted by Crippen LogP contribution is 2.31. The molecule has 3 rings (SSSR count). The average molecular weight is 357 g/mol. The van der Waals surface area contributed by atoms with E-state index in [0.29, 0.717) is 31.1 Å². The van der Waals surface area contributed by atoms with Crippen LogP contribution in [0.2, 0.25) is 0 Å². The first-order valence-electron chi connectivity index (χ1n) is 8.22. The van der Waals surface area contributed by atoms with Crippen LogP contribution in [-0.4, -0.2) is 38.2 Å². The van der Waals surface area contributed by atoms with Gasteiger partial charge in [0.1, 0.15) is 13.2 Å². The number of amides is 1. The zero-order chi connectivity index (χ0) is 18.5. The van der Waals surface area contributed by atoms with Crippen molar-refractivity contribution in [3.63, 3.8) is 0 Å². The summed E-state index contributed by atoms with van der Waals surface area (Å²) in [6.45, 7) is 1.49. The molecule has 1 amide bonds. The number of fused-ring (bicyclic) bond motifs is 1. The van der Waals surface area contributed by atoms with E-state index in [2.05, 4.69) is 0 Å². The molecule has 5 nitrogen and oxygen atoms in total. The van der Waals surface area contributed by atoms with Gasteiger partial charge in [0.2, 0.25) is 5.91 Å². The molecule has 26 heavy (non-hydrogen) atoms. The molecule has 0 fully saturated rings. The maximum atomic E-state index is 13.7. The molecule has 0 spiro atoms. The summed E-state index contributed by atoms with van der Waals surface area (Å²) in [5, 5.41) is 0. The third-order valence-electron chi connectivity index (χ3n) is 4.00. The summed E-state index contributed by atoms with van der Waals surface area (Å²) >= 11 is 0. The van der Waals surface area contributed by atoms with E-state index in [1.54, 1.807) is 24.1 Å². The molecule has 0 aliphatic carbocycles. The minimum atomic E-state index is -0.466. The number of halogens is 1. The first-order chi connectivity index (χ1) is 12.6. The van der Waals surface area contributed by atoms with Crippen molar-refractivity contribution in [2.24, 2.45) is 0 Å². The van der Waals surface area contributed by atoms with Crippen LogP contribution in [0.1, 0.15) is 11.1 Å². The van der Waals surface area contributed by atoms with Gasteiger partial charge in [-0.3, -0.25) is 4.79 Å². The van der Waals surface area contributed by atoms with Crippen molar-refractivity contribution in [1.82, 2.24) is 4.90 Å². The second kappa shape index (κ2) is 7.91. The van der Waals surface area contributed by atoms with Gasteiger partial charge in [0.15, 0.2) is 23.1 Å². The second-order valence-corrected chi connectivity index (χ2v) is 5.90. The third-order valence-corrected chi connectivity index (χ3v) is 4.00. The minimum absolute atomic E-state index is 0.171. The van der Waals surface area contributed by atoms with Crippen LogP contribution in [0.25, 0.3) is 6.08 Å². The summed E-state index contributed by atoms with van der Waals surface area (Å²) in [7, 11) is 3.11. The van der Waals surface area contributed by atoms with Gasteiger partial charge in [-0.25, -0.2) is 4.39 Å². The molecule has 0 saturated heterocycles. The smallest absolute Gasteiger partial charge is 0.246 e. The Morgan fingerprint density at radius 3 is 2.69 bits per heavy atom. The van der Waals surface area contributed by atoms with Crippen molar-refractivity contribution in [2.75, 3.05) is 27.4 Å². The lowest BCUT2D eigenvalue weighted by atomic mass is 10.1. The van der Waals surface area contributed by atoms with Crippen LogP contribution in [0.15, 0.2) is 42.5 Å². The van der Waals surface area contributed by atoms with Crippen LogP contribution < -0.4 is 14.2 Å². The van der Waals surface area contributed by atoms with Crippen molar-refractivity contribution >= 4 is 12.0 Å². The number of nitrogens with zero attached hydrogens (tertiary/aromatic N) is 1. The summed E-state index contributed by atoms with van der Waals surface area (Å²) < 4.78 is 29.6. The first-order valence-corrected chi connectivity index (χ1v) is 8.22. The lowest BCUT2D eigenvalue weighted by Crippen LogP contribution is -2.24. The summed E-state index contributed by atoms with van der Waals surface area (Å²) in [4.78, 5) is 13.9. The van der Waals surface area contributed by atoms with Crippen LogP contribution in [0.5, 0.6) is 17.2 Å². The SMILES string of the molecule is COc1ccc(/C=C/C(=O)N(C)Cc2ccc3c(c2)OCCO3)cc1F. The molecule has 0 aromatic heterocycles. The van der Waals surface area contributed by atoms with Gasteiger partial charge in [-0.05, 0) is 41.5 Å². The molecule has 0 unspecified atom stereocenters. The highest BCUT2D eigenvalue weighted by atomic mass is 19.1. The van der Waals surface area contributed by atoms with E-state index in [9.17, 15) is 9.18 Å². The highest BCUT2D eigenvalue weighted by Gasteiger charge is 2.13. The van der Waals surface area contributed by atoms with E-state index in [1.165, 1.54) is 25.3 Å². The molecule has 0 bridgehead atoms. The number of likely N-dealkylation sites (N-methyl/N-ethyl adjacent to an activating group) is 1. The van der Waals surface area contributed by atoms with E-state index in [4.69, 9.17) is 14.2 Å². The summed E-state index contributed by atoms with van der Waals surface area (Å²) in [6, 6.07) is 10.2. The van der Waals surface area contributed by atoms with Crippen molar-refractivity contribution < 1.29 is 23.4 Å². The van der Waals surface area contributed by atoms with Gasteiger partial charge in [-0.15, -0.1) is 0 Å². The lowest BCUT2D eigenvalue weighted by molar-refractivity contribution is -0.125. The monoisotopic (exact) mass is 357 g/mol. The van der Waals surface area contributed by atoms with E-state index in [-0.39, 0.29) is 11.7 Å². The number of benzene rings is 2. The largest absolute Gasteiger partial charge is 0.494 e. The van der Waals surface area contributed by atoms with Crippen LogP contribution in [0.4, 0.5) is 4.39 Å². The number of carbonyl (C=O) groups is 1. The zero-order valence-electron chi connectivity index (χ0n) is 14.7. The van der Waals surface area contributed by atoms with Crippen LogP contribution in [-0.2, 0) is 11.3 Å². The first kappa shape index (κ1) is 17.8. The van der Waals surface area contributed by atoms with Crippen molar-refractivity contribution in [1.29, 1.82) is 0 Å². The molecule has 1 heterocycles. The third kappa shape index (κ3) is 4.14. The number of carbonyl (C=O) groups excluding carboxylic acids is 1. The fourth-order valence-electron chi connectivity index (χ4n) is 2.62. The van der Waals surface area contributed by atoms with Crippen molar-refractivity contribution in [3.8, 4) is 17.2 Å². The molecule has 0 saturated carbocycles. The number of hydrogen-bond acceptors (Lipinski definition) is 4. The van der Waals surface area contributed by atoms with Crippen molar-refractivity contribution in [3.05, 3.63) is 59.4 Å². The van der Waals surface area contributed by atoms with E-state index in [0.717, 1.165) is 11.3 Å². The Labute approximate surface area is 151 Å². The molecule has 6 heteroatoms. The Kier molecular flexibility index (Phi) is 5.41. The summed E-state index contributed by atoms with van der Waals surface area (Å²) in [5.74, 6) is 0.932. The quantitative estimate of drug-likeness (QED) is 0.771. The van der Waals surface area contributed by atoms with Crippen molar-refractivity contribution in [2.45, 2.75) is 6.54 Å². The number of rotatable bonds is 5. The van der Waals surface area contributed by atoms with E-state index >= 15 is 0 Å². The molecule has 0 N–H and O–H groups in total. The summed E-state index contributed by atoms with van der Waals surface area (Å²) in [6.07, 6.45) is 2.99. The molecule has 2 aromatic rings. The molecule has 2 aromatic carbocycles. The van der Waals surface area contributed by atoms with E-state index < -0.39 is 5.82 Å². The predicted octanol–water partition coefficient (Wildman–Crippen LogP) is 3.28. The Balaban J connectivity index is 1.63. The predicted molar refractivity (Wildman–Crippen MR) is 95.9 cm³/mol. The molecule has 0 radical (unpaired) electrons. The summed E-state index contributed by atoms with van der Waals surface area (Å²) in [5.41, 5.74) is 1.53. The van der Waals surface area contributed by atoms with E-state index in [1.807, 2.05) is 18.2 Å². The lowest BCUT2D eigenvalue weighted by Gasteiger charge is -2.20. The van der Waals surface area contributed by atoms with Gasteiger partial charge in [-0.1, -0.05) is 12.1 Å². The molecular weight excluding hydrogens is 337 g/mol. The maximum Gasteiger partial charge on any atom is 0.246 e. The van der Waals surface area contributed by atoms with Gasteiger partial charge >= 0.3 is 0 Å². The molecular formula is C20H20FNO4. The molecule has 1 aliphatic rings. The van der Waals surface area contributed by atoms with Gasteiger partial charge in [0.25, 0.3) is 0 Å². The Bertz CT molecular complexity index is 835. The highest BCUT2D eigenvalue weighted by molar-refractivity contribution is 5.91. The van der Waals surface area contributed by atoms with Gasteiger partial charge < -0.3 is 19.1 Å². The van der Waals surface area contributed by atoms with Crippen LogP contribution in [0.3, 0.4) is 0 Å². The van der Waals surface area contributed by atoms with Crippen LogP contribution >= 0.6 is 0 Å². The Morgan fingerprint density at radius 2 is 1.96 bits per heavy atom. The normalized spacial score (nSPS) is 12.9. The topological polar surface area (TPSA) is 48.0 Å².